The van der Waals surface area contributed by atoms with Gasteiger partial charge < -0.3 is 16.4 Å². The minimum Gasteiger partial charge on any atom is -0.369 e. The number of hydrogen-bond donors (Lipinski definition) is 3. The maximum absolute atomic E-state index is 6.03. The maximum atomic E-state index is 6.03. The minimum absolute atomic E-state index is 0.185. The van der Waals surface area contributed by atoms with Gasteiger partial charge in [-0.1, -0.05) is 11.6 Å². The molecule has 0 saturated carbocycles. The molecular weight excluding hydrogens is 350 g/mol. The van der Waals surface area contributed by atoms with Crippen molar-refractivity contribution in [2.45, 2.75) is 13.8 Å². The number of benzene rings is 1. The Morgan fingerprint density at radius 1 is 1.12 bits per heavy atom. The lowest BCUT2D eigenvalue weighted by molar-refractivity contribution is 1.08. The summed E-state index contributed by atoms with van der Waals surface area (Å²) >= 11 is 6.03. The van der Waals surface area contributed by atoms with Crippen LogP contribution in [0.25, 0.3) is 0 Å². The predicted molar refractivity (Wildman–Crippen MR) is 105 cm³/mol. The van der Waals surface area contributed by atoms with E-state index in [1.165, 1.54) is 0 Å². The normalized spacial score (nSPS) is 11.3. The van der Waals surface area contributed by atoms with Crippen molar-refractivity contribution >= 4 is 40.7 Å². The van der Waals surface area contributed by atoms with Crippen molar-refractivity contribution in [1.82, 2.24) is 15.0 Å². The predicted octanol–water partition coefficient (Wildman–Crippen LogP) is 3.94. The van der Waals surface area contributed by atoms with Gasteiger partial charge in [-0.2, -0.15) is 9.98 Å². The topological polar surface area (TPSA) is 101 Å². The van der Waals surface area contributed by atoms with Crippen LogP contribution in [0, 0.1) is 13.8 Å². The monoisotopic (exact) mass is 367 g/mol. The van der Waals surface area contributed by atoms with E-state index in [4.69, 9.17) is 17.3 Å². The smallest absolute Gasteiger partial charge is 0.254 e. The molecule has 0 unspecified atom stereocenters. The zero-order chi connectivity index (χ0) is 18.5. The molecule has 0 aliphatic heterocycles. The van der Waals surface area contributed by atoms with Gasteiger partial charge in [0, 0.05) is 28.7 Å². The molecular formula is C18H18ClN7. The average Bonchev–Trinajstić information content (AvgIpc) is 2.58. The molecule has 26 heavy (non-hydrogen) atoms. The number of pyridine rings is 1. The molecule has 0 spiro atoms. The molecule has 0 saturated heterocycles. The molecule has 8 heteroatoms. The van der Waals surface area contributed by atoms with Gasteiger partial charge in [-0.05, 0) is 49.7 Å². The zero-order valence-corrected chi connectivity index (χ0v) is 15.1. The Balaban J connectivity index is 1.79. The van der Waals surface area contributed by atoms with Crippen molar-refractivity contribution in [1.29, 1.82) is 0 Å². The summed E-state index contributed by atoms with van der Waals surface area (Å²) in [6.07, 6.45) is 3.41. The Bertz CT molecular complexity index is 942. The van der Waals surface area contributed by atoms with Gasteiger partial charge in [-0.25, -0.2) is 4.98 Å². The van der Waals surface area contributed by atoms with E-state index in [0.717, 1.165) is 22.6 Å². The van der Waals surface area contributed by atoms with E-state index in [1.54, 1.807) is 18.5 Å². The number of guanidine groups is 1. The summed E-state index contributed by atoms with van der Waals surface area (Å²) in [6.45, 7) is 3.78. The molecule has 2 heterocycles. The number of rotatable bonds is 4. The SMILES string of the molecule is Cc1cc(Nc2cccnc2)nc(N=C(N)Nc2ccc(Cl)c(C)c2)n1. The number of aryl methyl sites for hydroxylation is 2. The van der Waals surface area contributed by atoms with Crippen molar-refractivity contribution in [2.24, 2.45) is 10.7 Å². The van der Waals surface area contributed by atoms with Crippen molar-refractivity contribution < 1.29 is 0 Å². The fourth-order valence-electron chi connectivity index (χ4n) is 2.26. The van der Waals surface area contributed by atoms with Gasteiger partial charge in [0.15, 0.2) is 0 Å². The summed E-state index contributed by atoms with van der Waals surface area (Å²) in [5.41, 5.74) is 9.29. The van der Waals surface area contributed by atoms with Crippen LogP contribution in [-0.4, -0.2) is 20.9 Å². The van der Waals surface area contributed by atoms with E-state index in [0.29, 0.717) is 10.8 Å². The highest BCUT2D eigenvalue weighted by molar-refractivity contribution is 6.31. The second-order valence-electron chi connectivity index (χ2n) is 5.65. The van der Waals surface area contributed by atoms with Crippen molar-refractivity contribution in [2.75, 3.05) is 10.6 Å². The van der Waals surface area contributed by atoms with Crippen LogP contribution in [0.1, 0.15) is 11.3 Å². The number of nitrogens with one attached hydrogen (secondary N) is 2. The third-order valence-corrected chi connectivity index (χ3v) is 3.85. The van der Waals surface area contributed by atoms with Crippen LogP contribution in [0.2, 0.25) is 5.02 Å². The van der Waals surface area contributed by atoms with Gasteiger partial charge in [-0.15, -0.1) is 0 Å². The van der Waals surface area contributed by atoms with Gasteiger partial charge in [0.25, 0.3) is 5.95 Å². The Hall–Kier alpha value is -3.19. The highest BCUT2D eigenvalue weighted by Crippen LogP contribution is 2.20. The van der Waals surface area contributed by atoms with Crippen molar-refractivity contribution in [3.05, 3.63) is 65.1 Å². The molecule has 7 nitrogen and oxygen atoms in total. The van der Waals surface area contributed by atoms with Crippen LogP contribution >= 0.6 is 11.6 Å². The molecule has 0 bridgehead atoms. The standard InChI is InChI=1S/C18H18ClN7/c1-11-8-13(5-6-15(11)19)24-17(20)26-18-22-12(2)9-16(25-18)23-14-4-3-7-21-10-14/h3-10H,1-2H3,(H4,20,22,23,24,25,26). The molecule has 3 aromatic rings. The third kappa shape index (κ3) is 4.67. The fraction of sp³-hybridized carbons (Fsp3) is 0.111. The zero-order valence-electron chi connectivity index (χ0n) is 14.4. The number of nitrogens with zero attached hydrogens (tertiary/aromatic N) is 4. The molecule has 0 atom stereocenters. The van der Waals surface area contributed by atoms with Gasteiger partial charge in [0.2, 0.25) is 5.96 Å². The van der Waals surface area contributed by atoms with Crippen LogP contribution in [-0.2, 0) is 0 Å². The van der Waals surface area contributed by atoms with Crippen LogP contribution in [0.15, 0.2) is 53.8 Å². The Labute approximate surface area is 156 Å². The molecule has 0 aliphatic carbocycles. The first kappa shape index (κ1) is 17.6. The lowest BCUT2D eigenvalue weighted by Crippen LogP contribution is -2.22. The van der Waals surface area contributed by atoms with Crippen LogP contribution in [0.4, 0.5) is 23.1 Å². The van der Waals surface area contributed by atoms with Gasteiger partial charge in [-0.3, -0.25) is 4.98 Å². The highest BCUT2D eigenvalue weighted by atomic mass is 35.5. The largest absolute Gasteiger partial charge is 0.369 e. The summed E-state index contributed by atoms with van der Waals surface area (Å²) in [7, 11) is 0. The third-order valence-electron chi connectivity index (χ3n) is 3.43. The molecule has 1 aromatic carbocycles. The van der Waals surface area contributed by atoms with Crippen LogP contribution < -0.4 is 16.4 Å². The molecule has 0 amide bonds. The van der Waals surface area contributed by atoms with E-state index in [1.807, 2.05) is 44.2 Å². The molecule has 4 N–H and O–H groups in total. The molecule has 2 aromatic heterocycles. The van der Waals surface area contributed by atoms with E-state index < -0.39 is 0 Å². The Kier molecular flexibility index (Phi) is 5.28. The fourth-order valence-corrected chi connectivity index (χ4v) is 2.38. The van der Waals surface area contributed by atoms with E-state index in [9.17, 15) is 0 Å². The van der Waals surface area contributed by atoms with E-state index in [-0.39, 0.29) is 11.9 Å². The van der Waals surface area contributed by atoms with E-state index in [2.05, 4.69) is 30.6 Å². The van der Waals surface area contributed by atoms with Gasteiger partial charge in [0.1, 0.15) is 5.82 Å². The second-order valence-corrected chi connectivity index (χ2v) is 6.05. The van der Waals surface area contributed by atoms with Crippen LogP contribution in [0.5, 0.6) is 0 Å². The summed E-state index contributed by atoms with van der Waals surface area (Å²) < 4.78 is 0. The minimum atomic E-state index is 0.185. The first-order chi connectivity index (χ1) is 12.5. The van der Waals surface area contributed by atoms with E-state index >= 15 is 0 Å². The van der Waals surface area contributed by atoms with Crippen LogP contribution in [0.3, 0.4) is 0 Å². The number of nitrogens with two attached hydrogens (primary N) is 1. The number of anilines is 3. The van der Waals surface area contributed by atoms with Gasteiger partial charge in [0.05, 0.1) is 11.9 Å². The summed E-state index contributed by atoms with van der Waals surface area (Å²) in [5.74, 6) is 1.05. The Morgan fingerprint density at radius 3 is 2.69 bits per heavy atom. The molecule has 3 rings (SSSR count). The molecule has 0 aliphatic rings. The lowest BCUT2D eigenvalue weighted by atomic mass is 10.2. The second kappa shape index (κ2) is 7.79. The summed E-state index contributed by atoms with van der Waals surface area (Å²) in [4.78, 5) is 17.0. The number of halogens is 1. The number of hydrogen-bond acceptors (Lipinski definition) is 5. The Morgan fingerprint density at radius 2 is 1.96 bits per heavy atom. The van der Waals surface area contributed by atoms with Crippen molar-refractivity contribution in [3.63, 3.8) is 0 Å². The molecule has 0 radical (unpaired) electrons. The number of aliphatic imine (C=N–C) groups is 1. The molecule has 0 fully saturated rings. The number of aromatic nitrogens is 3. The highest BCUT2D eigenvalue weighted by Gasteiger charge is 2.04. The quantitative estimate of drug-likeness (QED) is 0.477. The van der Waals surface area contributed by atoms with Crippen molar-refractivity contribution in [3.8, 4) is 0 Å². The first-order valence-electron chi connectivity index (χ1n) is 7.90. The lowest BCUT2D eigenvalue weighted by Gasteiger charge is -2.08. The molecule has 132 valence electrons. The van der Waals surface area contributed by atoms with Gasteiger partial charge >= 0.3 is 0 Å². The summed E-state index contributed by atoms with van der Waals surface area (Å²) in [5, 5.41) is 6.86. The average molecular weight is 368 g/mol. The maximum Gasteiger partial charge on any atom is 0.254 e. The first-order valence-corrected chi connectivity index (χ1v) is 8.27. The summed E-state index contributed by atoms with van der Waals surface area (Å²) in [6, 6.07) is 11.1.